The Kier molecular flexibility index (Phi) is 6.80. The number of carbonyl (C=O) groups is 2. The van der Waals surface area contributed by atoms with Crippen molar-refractivity contribution in [2.45, 2.75) is 51.6 Å². The van der Waals surface area contributed by atoms with E-state index in [1.807, 2.05) is 0 Å². The van der Waals surface area contributed by atoms with Crippen LogP contribution in [-0.2, 0) is 16.0 Å². The van der Waals surface area contributed by atoms with Crippen LogP contribution in [0.5, 0.6) is 0 Å². The van der Waals surface area contributed by atoms with Gasteiger partial charge in [-0.25, -0.2) is 0 Å². The van der Waals surface area contributed by atoms with Crippen LogP contribution in [-0.4, -0.2) is 46.2 Å². The number of carbonyl (C=O) groups excluding carboxylic acids is 2. The van der Waals surface area contributed by atoms with Gasteiger partial charge >= 0.3 is 0 Å². The number of anilines is 1. The maximum atomic E-state index is 12.2. The fourth-order valence-electron chi connectivity index (χ4n) is 2.36. The van der Waals surface area contributed by atoms with Gasteiger partial charge in [0.25, 0.3) is 0 Å². The Labute approximate surface area is 157 Å². The minimum Gasteiger partial charge on any atom is -0.336 e. The third-order valence-corrected chi connectivity index (χ3v) is 4.76. The van der Waals surface area contributed by atoms with E-state index in [0.29, 0.717) is 30.3 Å². The maximum Gasteiger partial charge on any atom is 0.245 e. The lowest BCUT2D eigenvalue weighted by molar-refractivity contribution is -0.133. The van der Waals surface area contributed by atoms with Gasteiger partial charge in [0.05, 0.1) is 6.54 Å². The van der Waals surface area contributed by atoms with Crippen LogP contribution in [0.3, 0.4) is 0 Å². The van der Waals surface area contributed by atoms with Crippen molar-refractivity contribution in [3.63, 3.8) is 0 Å². The molecular weight excluding hydrogens is 352 g/mol. The van der Waals surface area contributed by atoms with Crippen LogP contribution in [0.1, 0.15) is 44.5 Å². The summed E-state index contributed by atoms with van der Waals surface area (Å²) in [4.78, 5) is 25.7. The summed E-state index contributed by atoms with van der Waals surface area (Å²) >= 11 is 1.36. The molecule has 9 heteroatoms. The van der Waals surface area contributed by atoms with E-state index in [9.17, 15) is 9.59 Å². The lowest BCUT2D eigenvalue weighted by Gasteiger charge is -2.17. The lowest BCUT2D eigenvalue weighted by Crippen LogP contribution is -2.35. The van der Waals surface area contributed by atoms with Gasteiger partial charge in [-0.3, -0.25) is 14.9 Å². The minimum atomic E-state index is -0.482. The van der Waals surface area contributed by atoms with Crippen molar-refractivity contribution in [1.29, 1.82) is 0 Å². The highest BCUT2D eigenvalue weighted by molar-refractivity contribution is 7.15. The maximum absolute atomic E-state index is 12.2. The fraction of sp³-hybridized carbons (Fsp3) is 0.647. The molecule has 2 amide bonds. The lowest BCUT2D eigenvalue weighted by atomic mass is 10.0. The zero-order valence-corrected chi connectivity index (χ0v) is 16.2. The summed E-state index contributed by atoms with van der Waals surface area (Å²) < 4.78 is 0. The Morgan fingerprint density at radius 1 is 1.31 bits per heavy atom. The Hall–Kier alpha value is -2.34. The summed E-state index contributed by atoms with van der Waals surface area (Å²) in [5.41, 5.74) is -0.482. The molecule has 0 aromatic carbocycles. The molecule has 0 bridgehead atoms. The molecular formula is C17H24N6O2S. The summed E-state index contributed by atoms with van der Waals surface area (Å²) in [5, 5.41) is 20.0. The molecule has 1 aliphatic rings. The molecule has 2 heterocycles. The topological polar surface area (TPSA) is 99.9 Å². The number of nitrogens with one attached hydrogen (secondary N) is 1. The number of likely N-dealkylation sites (N-methyl/N-ethyl adjacent to an activating group) is 1. The van der Waals surface area contributed by atoms with Gasteiger partial charge in [-0.2, -0.15) is 10.2 Å². The van der Waals surface area contributed by atoms with E-state index < -0.39 is 5.66 Å². The molecule has 1 N–H and O–H groups in total. The second-order valence-electron chi connectivity index (χ2n) is 6.78. The highest BCUT2D eigenvalue weighted by Gasteiger charge is 2.39. The normalized spacial score (nSPS) is 14.1. The van der Waals surface area contributed by atoms with E-state index >= 15 is 0 Å². The molecule has 0 atom stereocenters. The standard InChI is InChI=1S/C17H24N6O2S/c1-5-6-8-17(21-22-17)9-7-15(25)23(4)11-13(24)18-16-20-19-14(26-16)10-12(2)3/h1,12H,6-11H2,2-4H3,(H,18,20,24). The van der Waals surface area contributed by atoms with E-state index in [1.54, 1.807) is 7.05 Å². The Bertz CT molecular complexity index is 715. The van der Waals surface area contributed by atoms with Gasteiger partial charge in [0.2, 0.25) is 16.9 Å². The summed E-state index contributed by atoms with van der Waals surface area (Å²) in [6.45, 7) is 4.15. The van der Waals surface area contributed by atoms with E-state index in [-0.39, 0.29) is 24.8 Å². The van der Waals surface area contributed by atoms with Crippen molar-refractivity contribution in [3.05, 3.63) is 5.01 Å². The van der Waals surface area contributed by atoms with Gasteiger partial charge in [0.15, 0.2) is 5.66 Å². The molecule has 0 aliphatic carbocycles. The van der Waals surface area contributed by atoms with E-state index in [2.05, 4.69) is 45.5 Å². The van der Waals surface area contributed by atoms with Crippen LogP contribution in [0, 0.1) is 18.3 Å². The fourth-order valence-corrected chi connectivity index (χ4v) is 3.33. The van der Waals surface area contributed by atoms with Crippen molar-refractivity contribution in [3.8, 4) is 12.3 Å². The molecule has 0 radical (unpaired) electrons. The quantitative estimate of drug-likeness (QED) is 0.634. The molecule has 1 aromatic heterocycles. The number of rotatable bonds is 10. The Balaban J connectivity index is 1.73. The third kappa shape index (κ3) is 6.19. The van der Waals surface area contributed by atoms with E-state index in [1.165, 1.54) is 16.2 Å². The summed E-state index contributed by atoms with van der Waals surface area (Å²) in [6.07, 6.45) is 8.12. The molecule has 0 unspecified atom stereocenters. The van der Waals surface area contributed by atoms with Gasteiger partial charge in [0, 0.05) is 39.2 Å². The average Bonchev–Trinajstić information content (AvgIpc) is 3.23. The Morgan fingerprint density at radius 3 is 2.65 bits per heavy atom. The van der Waals surface area contributed by atoms with Crippen molar-refractivity contribution < 1.29 is 9.59 Å². The molecule has 8 nitrogen and oxygen atoms in total. The van der Waals surface area contributed by atoms with Crippen LogP contribution < -0.4 is 5.32 Å². The molecule has 0 saturated heterocycles. The number of amides is 2. The first kappa shape index (κ1) is 20.0. The molecule has 0 fully saturated rings. The molecule has 0 saturated carbocycles. The summed E-state index contributed by atoms with van der Waals surface area (Å²) in [7, 11) is 1.60. The first-order valence-corrected chi connectivity index (χ1v) is 9.39. The molecule has 1 aromatic rings. The van der Waals surface area contributed by atoms with E-state index in [0.717, 1.165) is 11.4 Å². The van der Waals surface area contributed by atoms with E-state index in [4.69, 9.17) is 6.42 Å². The molecule has 26 heavy (non-hydrogen) atoms. The zero-order chi connectivity index (χ0) is 19.2. The van der Waals surface area contributed by atoms with Crippen LogP contribution in [0.15, 0.2) is 10.2 Å². The second kappa shape index (κ2) is 8.85. The third-order valence-electron chi connectivity index (χ3n) is 3.89. The van der Waals surface area contributed by atoms with Gasteiger partial charge in [-0.1, -0.05) is 25.2 Å². The number of hydrogen-bond acceptors (Lipinski definition) is 7. The monoisotopic (exact) mass is 376 g/mol. The average molecular weight is 376 g/mol. The minimum absolute atomic E-state index is 0.0381. The SMILES string of the molecule is C#CCCC1(CCC(=O)N(C)CC(=O)Nc2nnc(CC(C)C)s2)N=N1. The predicted molar refractivity (Wildman–Crippen MR) is 99.6 cm³/mol. The second-order valence-corrected chi connectivity index (χ2v) is 7.85. The number of aromatic nitrogens is 2. The molecule has 140 valence electrons. The molecule has 1 aliphatic heterocycles. The van der Waals surface area contributed by atoms with Crippen LogP contribution in [0.2, 0.25) is 0 Å². The molecule has 0 spiro atoms. The first-order chi connectivity index (χ1) is 12.3. The van der Waals surface area contributed by atoms with Gasteiger partial charge < -0.3 is 4.90 Å². The summed E-state index contributed by atoms with van der Waals surface area (Å²) in [5.74, 6) is 2.61. The highest BCUT2D eigenvalue weighted by atomic mass is 32.1. The first-order valence-electron chi connectivity index (χ1n) is 8.57. The zero-order valence-electron chi connectivity index (χ0n) is 15.4. The predicted octanol–water partition coefficient (Wildman–Crippen LogP) is 2.49. The van der Waals surface area contributed by atoms with Crippen LogP contribution >= 0.6 is 11.3 Å². The molecule has 2 rings (SSSR count). The van der Waals surface area contributed by atoms with Crippen molar-refractivity contribution in [2.75, 3.05) is 18.9 Å². The van der Waals surface area contributed by atoms with Crippen molar-refractivity contribution in [1.82, 2.24) is 15.1 Å². The number of nitrogens with zero attached hydrogens (tertiary/aromatic N) is 5. The van der Waals surface area contributed by atoms with Crippen LogP contribution in [0.25, 0.3) is 0 Å². The smallest absolute Gasteiger partial charge is 0.245 e. The van der Waals surface area contributed by atoms with Crippen LogP contribution in [0.4, 0.5) is 5.13 Å². The Morgan fingerprint density at radius 2 is 2.04 bits per heavy atom. The van der Waals surface area contributed by atoms with Gasteiger partial charge in [-0.05, 0) is 5.92 Å². The number of terminal acetylenes is 1. The van der Waals surface area contributed by atoms with Gasteiger partial charge in [0.1, 0.15) is 5.01 Å². The van der Waals surface area contributed by atoms with Crippen molar-refractivity contribution >= 4 is 28.3 Å². The largest absolute Gasteiger partial charge is 0.336 e. The van der Waals surface area contributed by atoms with Gasteiger partial charge in [-0.15, -0.1) is 22.5 Å². The number of hydrogen-bond donors (Lipinski definition) is 1. The highest BCUT2D eigenvalue weighted by Crippen LogP contribution is 2.37. The van der Waals surface area contributed by atoms with Crippen molar-refractivity contribution in [2.24, 2.45) is 16.1 Å². The summed E-state index contributed by atoms with van der Waals surface area (Å²) in [6, 6.07) is 0.